The van der Waals surface area contributed by atoms with Crippen LogP contribution in [0.15, 0.2) is 48.5 Å². The van der Waals surface area contributed by atoms with E-state index in [-0.39, 0.29) is 0 Å². The molecule has 4 bridgehead atoms. The molecule has 4 aliphatic rings. The zero-order valence-corrected chi connectivity index (χ0v) is 18.4. The molecule has 148 valence electrons. The van der Waals surface area contributed by atoms with Gasteiger partial charge in [-0.15, -0.1) is 0 Å². The molecular weight excluding hydrogens is 335 g/mol. The van der Waals surface area contributed by atoms with Gasteiger partial charge in [-0.05, 0) is 87.4 Å². The van der Waals surface area contributed by atoms with Gasteiger partial charge in [-0.25, -0.2) is 0 Å². The van der Waals surface area contributed by atoms with Gasteiger partial charge in [0.25, 0.3) is 0 Å². The lowest BCUT2D eigenvalue weighted by Crippen LogP contribution is -2.48. The highest BCUT2D eigenvalue weighted by molar-refractivity contribution is 6.55. The van der Waals surface area contributed by atoms with Gasteiger partial charge in [0.15, 0.2) is 0 Å². The van der Waals surface area contributed by atoms with Crippen LogP contribution in [0, 0.1) is 31.6 Å². The van der Waals surface area contributed by atoms with Crippen molar-refractivity contribution in [1.82, 2.24) is 0 Å². The summed E-state index contributed by atoms with van der Waals surface area (Å²) in [5, 5.41) is 0. The van der Waals surface area contributed by atoms with Crippen LogP contribution >= 0.6 is 0 Å². The third-order valence-corrected chi connectivity index (χ3v) is 7.47. The molecule has 0 nitrogen and oxygen atoms in total. The number of benzene rings is 2. The second-order valence-electron chi connectivity index (χ2n) is 10.6. The smallest absolute Gasteiger partial charge is 0.0860 e. The van der Waals surface area contributed by atoms with Crippen molar-refractivity contribution >= 4 is 6.71 Å². The van der Waals surface area contributed by atoms with Gasteiger partial charge in [0.05, 0.1) is 0 Å². The molecule has 0 saturated heterocycles. The predicted molar refractivity (Wildman–Crippen MR) is 123 cm³/mol. The van der Waals surface area contributed by atoms with Gasteiger partial charge in [-0.1, -0.05) is 78.9 Å². The molecule has 0 N–H and O–H groups in total. The summed E-state index contributed by atoms with van der Waals surface area (Å²) < 4.78 is 0. The summed E-state index contributed by atoms with van der Waals surface area (Å²) in [6.45, 7) is 9.58. The molecule has 4 saturated carbocycles. The molecule has 0 aliphatic heterocycles. The molecule has 0 radical (unpaired) electrons. The Morgan fingerprint density at radius 2 is 1.14 bits per heavy atom. The summed E-state index contributed by atoms with van der Waals surface area (Å²) in [5.41, 5.74) is 6.44. The summed E-state index contributed by atoms with van der Waals surface area (Å²) in [6, 6.07) is 18.3. The number of hydrogen-bond acceptors (Lipinski definition) is 0. The van der Waals surface area contributed by atoms with E-state index in [0.717, 1.165) is 24.5 Å². The summed E-state index contributed by atoms with van der Waals surface area (Å²) in [6.07, 6.45) is 10.3. The molecule has 6 rings (SSSR count). The van der Waals surface area contributed by atoms with Crippen LogP contribution in [-0.4, -0.2) is 6.71 Å². The molecule has 1 heteroatoms. The third-order valence-electron chi connectivity index (χ3n) is 7.47. The van der Waals surface area contributed by atoms with Crippen molar-refractivity contribution in [3.8, 4) is 0 Å². The summed E-state index contributed by atoms with van der Waals surface area (Å²) in [5.74, 6) is 3.17. The molecule has 4 aliphatic carbocycles. The van der Waals surface area contributed by atoms with Crippen LogP contribution in [0.3, 0.4) is 0 Å². The summed E-state index contributed by atoms with van der Waals surface area (Å²) >= 11 is 0. The van der Waals surface area contributed by atoms with E-state index >= 15 is 0 Å². The summed E-state index contributed by atoms with van der Waals surface area (Å²) in [4.78, 5) is 0. The minimum atomic E-state index is 0.586. The van der Waals surface area contributed by atoms with Crippen molar-refractivity contribution in [2.24, 2.45) is 17.8 Å². The van der Waals surface area contributed by atoms with Gasteiger partial charge in [-0.2, -0.15) is 0 Å². The van der Waals surface area contributed by atoms with Gasteiger partial charge >= 0.3 is 0 Å². The quantitative estimate of drug-likeness (QED) is 0.496. The predicted octanol–water partition coefficient (Wildman–Crippen LogP) is 7.29. The normalized spacial score (nSPS) is 29.9. The summed E-state index contributed by atoms with van der Waals surface area (Å²) in [7, 11) is 0. The van der Waals surface area contributed by atoms with Crippen molar-refractivity contribution in [3.63, 3.8) is 0 Å². The second-order valence-corrected chi connectivity index (χ2v) is 10.6. The van der Waals surface area contributed by atoms with Crippen LogP contribution in [0.1, 0.15) is 60.8 Å². The minimum Gasteiger partial charge on any atom is -0.0860 e. The van der Waals surface area contributed by atoms with E-state index in [1.165, 1.54) is 42.3 Å². The first-order chi connectivity index (χ1) is 13.4. The van der Waals surface area contributed by atoms with Crippen LogP contribution in [0.25, 0.3) is 0 Å². The van der Waals surface area contributed by atoms with Gasteiger partial charge in [-0.3, -0.25) is 0 Å². The van der Waals surface area contributed by atoms with E-state index < -0.39 is 0 Å². The van der Waals surface area contributed by atoms with Crippen molar-refractivity contribution < 1.29 is 0 Å². The fourth-order valence-corrected chi connectivity index (χ4v) is 6.57. The molecule has 0 amide bonds. The minimum absolute atomic E-state index is 0.586. The molecule has 0 aromatic heterocycles. The van der Waals surface area contributed by atoms with E-state index in [9.17, 15) is 0 Å². The fourth-order valence-electron chi connectivity index (χ4n) is 6.57. The molecule has 0 unspecified atom stereocenters. The highest BCUT2D eigenvalue weighted by atomic mass is 14.6. The standard InChI is InChI=1S/C17H22.C10H15B/c1-12-2-4-16(5-3-12)17-9-13-6-14(10-17)8-15(7-13)11-17;1-9-4-6-10(7-5-9)8-11(2)3/h2-5,13-15H,6-11H2,1H3;4-7H,8H2,1-3H3. The van der Waals surface area contributed by atoms with Gasteiger partial charge in [0, 0.05) is 0 Å². The maximum Gasteiger partial charge on any atom is 0.138 e. The van der Waals surface area contributed by atoms with E-state index in [0.29, 0.717) is 5.41 Å². The maximum absolute atomic E-state index is 2.42. The molecule has 0 spiro atoms. The molecule has 2 aromatic carbocycles. The molecule has 0 atom stereocenters. The Hall–Kier alpha value is -1.50. The van der Waals surface area contributed by atoms with Crippen LogP contribution in [0.2, 0.25) is 13.6 Å². The average molecular weight is 372 g/mol. The first-order valence-electron chi connectivity index (χ1n) is 11.5. The zero-order valence-electron chi connectivity index (χ0n) is 18.4. The average Bonchev–Trinajstić information content (AvgIpc) is 2.63. The van der Waals surface area contributed by atoms with Crippen LogP contribution < -0.4 is 0 Å². The molecule has 0 heterocycles. The third kappa shape index (κ3) is 4.39. The lowest BCUT2D eigenvalue weighted by molar-refractivity contribution is -0.00519. The Morgan fingerprint density at radius 1 is 0.714 bits per heavy atom. The lowest BCUT2D eigenvalue weighted by atomic mass is 9.48. The van der Waals surface area contributed by atoms with Gasteiger partial charge in [0.2, 0.25) is 0 Å². The maximum atomic E-state index is 2.42. The molecule has 28 heavy (non-hydrogen) atoms. The molecule has 2 aromatic rings. The lowest BCUT2D eigenvalue weighted by Gasteiger charge is -2.57. The highest BCUT2D eigenvalue weighted by Crippen LogP contribution is 2.60. The van der Waals surface area contributed by atoms with Crippen molar-refractivity contribution in [3.05, 3.63) is 70.8 Å². The van der Waals surface area contributed by atoms with Gasteiger partial charge < -0.3 is 0 Å². The Balaban J connectivity index is 0.000000153. The van der Waals surface area contributed by atoms with Crippen LogP contribution in [0.4, 0.5) is 0 Å². The number of rotatable bonds is 3. The van der Waals surface area contributed by atoms with Crippen molar-refractivity contribution in [2.45, 2.75) is 77.8 Å². The first kappa shape index (κ1) is 19.8. The largest absolute Gasteiger partial charge is 0.138 e. The molecule has 4 fully saturated rings. The Morgan fingerprint density at radius 3 is 1.57 bits per heavy atom. The van der Waals surface area contributed by atoms with Gasteiger partial charge in [0.1, 0.15) is 6.71 Å². The number of aryl methyl sites for hydroxylation is 2. The molecular formula is C27H37B. The highest BCUT2D eigenvalue weighted by Gasteiger charge is 2.51. The second kappa shape index (κ2) is 8.09. The monoisotopic (exact) mass is 372 g/mol. The van der Waals surface area contributed by atoms with Crippen LogP contribution in [-0.2, 0) is 11.7 Å². The van der Waals surface area contributed by atoms with E-state index in [1.54, 1.807) is 24.8 Å². The van der Waals surface area contributed by atoms with Crippen LogP contribution in [0.5, 0.6) is 0 Å². The first-order valence-corrected chi connectivity index (χ1v) is 11.5. The number of hydrogen-bond donors (Lipinski definition) is 0. The Labute approximate surface area is 173 Å². The van der Waals surface area contributed by atoms with E-state index in [4.69, 9.17) is 0 Å². The Bertz CT molecular complexity index is 734. The fraction of sp³-hybridized carbons (Fsp3) is 0.556. The zero-order chi connectivity index (χ0) is 19.7. The van der Waals surface area contributed by atoms with Crippen molar-refractivity contribution in [2.75, 3.05) is 0 Å². The van der Waals surface area contributed by atoms with Crippen molar-refractivity contribution in [1.29, 1.82) is 0 Å². The van der Waals surface area contributed by atoms with E-state index in [1.807, 2.05) is 0 Å². The SMILES string of the molecule is CB(C)Cc1ccc(C)cc1.Cc1ccc(C23CC4CC(CC(C4)C2)C3)cc1. The van der Waals surface area contributed by atoms with E-state index in [2.05, 4.69) is 76.0 Å². The topological polar surface area (TPSA) is 0 Å². The Kier molecular flexibility index (Phi) is 5.72.